The lowest BCUT2D eigenvalue weighted by molar-refractivity contribution is 1.08. The van der Waals surface area contributed by atoms with Crippen molar-refractivity contribution in [3.8, 4) is 0 Å². The summed E-state index contributed by atoms with van der Waals surface area (Å²) in [4.78, 5) is 3.10. The van der Waals surface area contributed by atoms with Gasteiger partial charge in [-0.2, -0.15) is 0 Å². The molecule has 2 nitrogen and oxygen atoms in total. The van der Waals surface area contributed by atoms with E-state index in [2.05, 4.69) is 20.9 Å². The molecule has 0 aliphatic heterocycles. The average Bonchev–Trinajstić information content (AvgIpc) is 2.47. The van der Waals surface area contributed by atoms with E-state index in [0.29, 0.717) is 11.6 Å². The fourth-order valence-electron chi connectivity index (χ4n) is 1.38. The van der Waals surface area contributed by atoms with Gasteiger partial charge in [-0.25, -0.2) is 0 Å². The van der Waals surface area contributed by atoms with Crippen LogP contribution in [0.2, 0.25) is 5.02 Å². The number of benzene rings is 1. The molecule has 3 N–H and O–H groups in total. The van der Waals surface area contributed by atoms with E-state index >= 15 is 0 Å². The maximum atomic E-state index is 6.03. The monoisotopic (exact) mass is 258 g/mol. The van der Waals surface area contributed by atoms with Gasteiger partial charge in [0.25, 0.3) is 0 Å². The van der Waals surface area contributed by atoms with Crippen LogP contribution in [0.5, 0.6) is 0 Å². The lowest BCUT2D eigenvalue weighted by Crippen LogP contribution is -1.93. The number of rotatable bonds is 1. The van der Waals surface area contributed by atoms with E-state index in [1.807, 2.05) is 18.3 Å². The third-order valence-electron chi connectivity index (χ3n) is 2.01. The maximum absolute atomic E-state index is 6.03. The lowest BCUT2D eigenvalue weighted by atomic mass is 10.2. The normalized spacial score (nSPS) is 11.0. The summed E-state index contributed by atoms with van der Waals surface area (Å²) in [5.41, 5.74) is 7.61. The zero-order valence-electron chi connectivity index (χ0n) is 6.77. The van der Waals surface area contributed by atoms with E-state index in [0.717, 1.165) is 20.9 Å². The smallest absolute Gasteiger partial charge is 0.0658 e. The van der Waals surface area contributed by atoms with Crippen LogP contribution < -0.4 is 5.73 Å². The second-order valence-electron chi connectivity index (χ2n) is 2.83. The van der Waals surface area contributed by atoms with Gasteiger partial charge in [-0.1, -0.05) is 27.5 Å². The predicted molar refractivity (Wildman–Crippen MR) is 58.9 cm³/mol. The van der Waals surface area contributed by atoms with E-state index in [9.17, 15) is 0 Å². The molecule has 0 aliphatic carbocycles. The second kappa shape index (κ2) is 3.33. The minimum Gasteiger partial charge on any atom is -0.360 e. The van der Waals surface area contributed by atoms with Gasteiger partial charge in [0.2, 0.25) is 0 Å². The van der Waals surface area contributed by atoms with Crippen molar-refractivity contribution < 1.29 is 0 Å². The Hall–Kier alpha value is -0.510. The molecule has 13 heavy (non-hydrogen) atoms. The number of aromatic nitrogens is 1. The first-order valence-electron chi connectivity index (χ1n) is 3.87. The van der Waals surface area contributed by atoms with Crippen LogP contribution in [0, 0.1) is 0 Å². The highest BCUT2D eigenvalue weighted by Crippen LogP contribution is 2.29. The van der Waals surface area contributed by atoms with Crippen molar-refractivity contribution in [3.63, 3.8) is 0 Å². The molecule has 0 atom stereocenters. The Bertz CT molecular complexity index is 450. The molecule has 0 amide bonds. The summed E-state index contributed by atoms with van der Waals surface area (Å²) in [6.45, 7) is 0.521. The zero-order chi connectivity index (χ0) is 9.42. The van der Waals surface area contributed by atoms with Crippen molar-refractivity contribution >= 4 is 38.4 Å². The molecule has 1 aromatic carbocycles. The topological polar surface area (TPSA) is 41.8 Å². The molecule has 0 aliphatic rings. The van der Waals surface area contributed by atoms with Crippen molar-refractivity contribution in [1.29, 1.82) is 0 Å². The van der Waals surface area contributed by atoms with Crippen molar-refractivity contribution in [2.24, 2.45) is 5.73 Å². The summed E-state index contributed by atoms with van der Waals surface area (Å²) >= 11 is 9.42. The van der Waals surface area contributed by atoms with Gasteiger partial charge in [0, 0.05) is 22.6 Å². The van der Waals surface area contributed by atoms with Crippen molar-refractivity contribution in [2.75, 3.05) is 0 Å². The molecule has 68 valence electrons. The molecule has 2 aromatic rings. The number of hydrogen-bond donors (Lipinski definition) is 2. The zero-order valence-corrected chi connectivity index (χ0v) is 9.11. The highest BCUT2D eigenvalue weighted by molar-refractivity contribution is 9.10. The third-order valence-corrected chi connectivity index (χ3v) is 2.77. The fraction of sp³-hybridized carbons (Fsp3) is 0.111. The maximum Gasteiger partial charge on any atom is 0.0658 e. The van der Waals surface area contributed by atoms with Gasteiger partial charge in [-0.15, -0.1) is 0 Å². The number of fused-ring (bicyclic) bond motifs is 1. The molecule has 4 heteroatoms. The highest BCUT2D eigenvalue weighted by atomic mass is 79.9. The Morgan fingerprint density at radius 1 is 1.46 bits per heavy atom. The molecular formula is C9H8BrClN2. The van der Waals surface area contributed by atoms with Gasteiger partial charge in [0.05, 0.1) is 10.5 Å². The van der Waals surface area contributed by atoms with E-state index < -0.39 is 0 Å². The molecule has 1 aromatic heterocycles. The van der Waals surface area contributed by atoms with Crippen LogP contribution in [0.3, 0.4) is 0 Å². The van der Waals surface area contributed by atoms with Crippen molar-refractivity contribution in [1.82, 2.24) is 4.98 Å². The Balaban J connectivity index is 2.82. The number of nitrogens with two attached hydrogens (primary N) is 1. The van der Waals surface area contributed by atoms with Crippen molar-refractivity contribution in [3.05, 3.63) is 33.4 Å². The van der Waals surface area contributed by atoms with E-state index in [-0.39, 0.29) is 0 Å². The van der Waals surface area contributed by atoms with Crippen LogP contribution in [-0.2, 0) is 6.54 Å². The quantitative estimate of drug-likeness (QED) is 0.812. The molecule has 0 spiro atoms. The van der Waals surface area contributed by atoms with Crippen LogP contribution in [0.15, 0.2) is 22.8 Å². The van der Waals surface area contributed by atoms with Crippen LogP contribution >= 0.6 is 27.5 Å². The van der Waals surface area contributed by atoms with Gasteiger partial charge >= 0.3 is 0 Å². The molecule has 0 unspecified atom stereocenters. The average molecular weight is 260 g/mol. The van der Waals surface area contributed by atoms with Crippen LogP contribution in [0.1, 0.15) is 5.56 Å². The van der Waals surface area contributed by atoms with Gasteiger partial charge in [0.1, 0.15) is 0 Å². The largest absolute Gasteiger partial charge is 0.360 e. The Labute approximate surface area is 89.2 Å². The minimum atomic E-state index is 0.521. The van der Waals surface area contributed by atoms with E-state index in [1.54, 1.807) is 0 Å². The van der Waals surface area contributed by atoms with E-state index in [4.69, 9.17) is 17.3 Å². The summed E-state index contributed by atoms with van der Waals surface area (Å²) < 4.78 is 0.972. The van der Waals surface area contributed by atoms with Gasteiger partial charge in [-0.3, -0.25) is 0 Å². The fourth-order valence-corrected chi connectivity index (χ4v) is 2.24. The summed E-state index contributed by atoms with van der Waals surface area (Å²) in [5.74, 6) is 0. The van der Waals surface area contributed by atoms with Crippen molar-refractivity contribution in [2.45, 2.75) is 6.54 Å². The van der Waals surface area contributed by atoms with E-state index in [1.165, 1.54) is 0 Å². The summed E-state index contributed by atoms with van der Waals surface area (Å²) in [6.07, 6.45) is 1.89. The molecule has 0 saturated carbocycles. The van der Waals surface area contributed by atoms with Crippen LogP contribution in [0.4, 0.5) is 0 Å². The number of hydrogen-bond acceptors (Lipinski definition) is 1. The molecule has 0 fully saturated rings. The van der Waals surface area contributed by atoms with Crippen LogP contribution in [-0.4, -0.2) is 4.98 Å². The first-order chi connectivity index (χ1) is 6.22. The predicted octanol–water partition coefficient (Wildman–Crippen LogP) is 3.04. The molecule has 1 heterocycles. The number of H-pyrrole nitrogens is 1. The standard InChI is InChI=1S/C9H8BrClN2/c10-6-1-7-5(3-12)4-13-9(7)8(11)2-6/h1-2,4,13H,3,12H2. The highest BCUT2D eigenvalue weighted by Gasteiger charge is 2.06. The first kappa shape index (κ1) is 9.06. The molecule has 0 saturated heterocycles. The summed E-state index contributed by atoms with van der Waals surface area (Å²) in [5, 5.41) is 1.80. The van der Waals surface area contributed by atoms with Gasteiger partial charge < -0.3 is 10.7 Å². The summed E-state index contributed by atoms with van der Waals surface area (Å²) in [6, 6.07) is 3.88. The molecular weight excluding hydrogens is 251 g/mol. The number of aromatic amines is 1. The minimum absolute atomic E-state index is 0.521. The number of halogens is 2. The summed E-state index contributed by atoms with van der Waals surface area (Å²) in [7, 11) is 0. The lowest BCUT2D eigenvalue weighted by Gasteiger charge is -1.97. The third kappa shape index (κ3) is 1.47. The van der Waals surface area contributed by atoms with Gasteiger partial charge in [-0.05, 0) is 17.7 Å². The van der Waals surface area contributed by atoms with Gasteiger partial charge in [0.15, 0.2) is 0 Å². The molecule has 2 rings (SSSR count). The Morgan fingerprint density at radius 3 is 2.92 bits per heavy atom. The molecule has 0 bridgehead atoms. The SMILES string of the molecule is NCc1c[nH]c2c(Cl)cc(Br)cc12. The number of nitrogens with one attached hydrogen (secondary N) is 1. The second-order valence-corrected chi connectivity index (χ2v) is 4.15. The molecule has 0 radical (unpaired) electrons. The Kier molecular flexibility index (Phi) is 2.32. The Morgan fingerprint density at radius 2 is 2.23 bits per heavy atom. The first-order valence-corrected chi connectivity index (χ1v) is 5.04. The van der Waals surface area contributed by atoms with Crippen LogP contribution in [0.25, 0.3) is 10.9 Å².